The fourth-order valence-corrected chi connectivity index (χ4v) is 13.7. The van der Waals surface area contributed by atoms with Gasteiger partial charge in [-0.3, -0.25) is 37.3 Å². The molecule has 0 aliphatic rings. The van der Waals surface area contributed by atoms with Crippen molar-refractivity contribution in [2.24, 2.45) is 11.8 Å². The first-order valence-corrected chi connectivity index (χ1v) is 44.1. The summed E-state index contributed by atoms with van der Waals surface area (Å²) < 4.78 is 68.6. The van der Waals surface area contributed by atoms with Crippen LogP contribution in [0.5, 0.6) is 0 Å². The molecule has 3 N–H and O–H groups in total. The van der Waals surface area contributed by atoms with E-state index in [-0.39, 0.29) is 25.7 Å². The van der Waals surface area contributed by atoms with Gasteiger partial charge in [0.1, 0.15) is 19.3 Å². The number of aliphatic hydroxyl groups is 1. The number of aliphatic hydroxyl groups excluding tert-OH is 1. The number of rotatable bonds is 78. The Kier molecular flexibility index (Phi) is 69.3. The maximum absolute atomic E-state index is 13.1. The van der Waals surface area contributed by atoms with E-state index in [0.717, 1.165) is 102 Å². The molecule has 0 spiro atoms. The van der Waals surface area contributed by atoms with Crippen LogP contribution < -0.4 is 0 Å². The van der Waals surface area contributed by atoms with E-state index < -0.39 is 97.5 Å². The third-order valence-electron chi connectivity index (χ3n) is 19.2. The van der Waals surface area contributed by atoms with Crippen molar-refractivity contribution in [3.05, 3.63) is 0 Å². The van der Waals surface area contributed by atoms with Crippen LogP contribution in [0.3, 0.4) is 0 Å². The van der Waals surface area contributed by atoms with E-state index in [1.165, 1.54) is 231 Å². The van der Waals surface area contributed by atoms with Crippen LogP contribution in [0.25, 0.3) is 0 Å². The molecule has 19 heteroatoms. The van der Waals surface area contributed by atoms with Gasteiger partial charge in [-0.2, -0.15) is 0 Å². The maximum atomic E-state index is 13.1. The van der Waals surface area contributed by atoms with Crippen molar-refractivity contribution in [3.8, 4) is 0 Å². The molecule has 0 aliphatic heterocycles. The third kappa shape index (κ3) is 69.8. The summed E-state index contributed by atoms with van der Waals surface area (Å²) >= 11 is 0. The van der Waals surface area contributed by atoms with Crippen molar-refractivity contribution >= 4 is 39.5 Å². The number of unbranched alkanes of at least 4 members (excludes halogenated alkanes) is 46. The number of carbonyl (C=O) groups excluding carboxylic acids is 4. The van der Waals surface area contributed by atoms with Gasteiger partial charge in [0.05, 0.1) is 26.4 Å². The SMILES string of the molecule is CCCCCCCCCCCCCCCCCCCCCCCCC(=O)O[C@H](COC(=O)CCCCCCCCCCC(C)CC)COP(=O)(O)OC[C@@H](O)COP(=O)(O)OC[C@@H](COC(=O)CCCCCCCCCCCCCC)OC(=O)CCCCCCCCCCC(C)CC. The van der Waals surface area contributed by atoms with Gasteiger partial charge in [-0.05, 0) is 37.5 Å². The highest BCUT2D eigenvalue weighted by atomic mass is 31.2. The largest absolute Gasteiger partial charge is 0.472 e. The Morgan fingerprint density at radius 3 is 0.724 bits per heavy atom. The number of esters is 4. The zero-order valence-electron chi connectivity index (χ0n) is 64.1. The van der Waals surface area contributed by atoms with Gasteiger partial charge >= 0.3 is 39.5 Å². The van der Waals surface area contributed by atoms with E-state index in [4.69, 9.17) is 37.0 Å². The second-order valence-electron chi connectivity index (χ2n) is 28.9. The van der Waals surface area contributed by atoms with Gasteiger partial charge in [-0.1, -0.05) is 363 Å². The molecule has 0 saturated heterocycles. The van der Waals surface area contributed by atoms with Crippen LogP contribution in [0.15, 0.2) is 0 Å². The predicted octanol–water partition coefficient (Wildman–Crippen LogP) is 23.5. The topological polar surface area (TPSA) is 237 Å². The summed E-state index contributed by atoms with van der Waals surface area (Å²) in [5.41, 5.74) is 0. The summed E-state index contributed by atoms with van der Waals surface area (Å²) in [5.74, 6) is -0.567. The Hall–Kier alpha value is -1.94. The van der Waals surface area contributed by atoms with Crippen molar-refractivity contribution in [3.63, 3.8) is 0 Å². The maximum Gasteiger partial charge on any atom is 0.472 e. The molecule has 17 nitrogen and oxygen atoms in total. The van der Waals surface area contributed by atoms with Crippen molar-refractivity contribution in [1.82, 2.24) is 0 Å². The van der Waals surface area contributed by atoms with Crippen molar-refractivity contribution in [1.29, 1.82) is 0 Å². The molecule has 0 aromatic carbocycles. The highest BCUT2D eigenvalue weighted by molar-refractivity contribution is 7.47. The lowest BCUT2D eigenvalue weighted by atomic mass is 9.99. The molecule has 7 atom stereocenters. The Morgan fingerprint density at radius 1 is 0.286 bits per heavy atom. The number of phosphoric acid groups is 2. The second-order valence-corrected chi connectivity index (χ2v) is 31.8. The fourth-order valence-electron chi connectivity index (χ4n) is 12.1. The minimum atomic E-state index is -4.96. The van der Waals surface area contributed by atoms with E-state index >= 15 is 0 Å². The molecule has 0 rings (SSSR count). The first kappa shape index (κ1) is 96.1. The summed E-state index contributed by atoms with van der Waals surface area (Å²) in [4.78, 5) is 72.9. The van der Waals surface area contributed by atoms with E-state index in [9.17, 15) is 43.2 Å². The molecule has 0 radical (unpaired) electrons. The van der Waals surface area contributed by atoms with Gasteiger partial charge < -0.3 is 33.8 Å². The van der Waals surface area contributed by atoms with Crippen LogP contribution in [-0.4, -0.2) is 96.7 Å². The molecule has 0 saturated carbocycles. The summed E-state index contributed by atoms with van der Waals surface area (Å²) in [6.45, 7) is 9.61. The van der Waals surface area contributed by atoms with Crippen LogP contribution >= 0.6 is 15.6 Å². The van der Waals surface area contributed by atoms with Crippen LogP contribution in [0.4, 0.5) is 0 Å². The van der Waals surface area contributed by atoms with E-state index in [0.29, 0.717) is 25.7 Å². The molecular weight excluding hydrogens is 1280 g/mol. The minimum Gasteiger partial charge on any atom is -0.462 e. The van der Waals surface area contributed by atoms with Crippen LogP contribution in [0.2, 0.25) is 0 Å². The predicted molar refractivity (Wildman–Crippen MR) is 400 cm³/mol. The summed E-state index contributed by atoms with van der Waals surface area (Å²) in [7, 11) is -9.92. The standard InChI is InChI=1S/C79H154O17P2/c1-7-11-13-15-17-19-21-23-24-25-26-27-28-29-30-31-32-34-36-45-51-57-63-78(83)95-74(68-90-77(82)62-56-50-44-39-37-41-47-53-59-71(5)9-3)69-93-97(85,86)91-65-73(80)66-92-98(87,88)94-70-75(96-79(84)64-58-52-46-40-38-42-48-54-60-72(6)10-4)67-89-76(81)61-55-49-43-35-33-22-20-18-16-14-12-8-2/h71-75,80H,7-70H2,1-6H3,(H,85,86)(H,87,88)/t71?,72?,73-,74-,75-/m1/s1. The van der Waals surface area contributed by atoms with Crippen LogP contribution in [0, 0.1) is 11.8 Å². The average Bonchev–Trinajstić information content (AvgIpc) is 1.29. The quantitative estimate of drug-likeness (QED) is 0.0222. The number of hydrogen-bond donors (Lipinski definition) is 3. The summed E-state index contributed by atoms with van der Waals surface area (Å²) in [5, 5.41) is 10.6. The van der Waals surface area contributed by atoms with Crippen molar-refractivity contribution in [2.75, 3.05) is 39.6 Å². The van der Waals surface area contributed by atoms with Gasteiger partial charge in [-0.25, -0.2) is 9.13 Å². The summed E-state index contributed by atoms with van der Waals surface area (Å²) in [6.07, 6.45) is 59.7. The lowest BCUT2D eigenvalue weighted by Crippen LogP contribution is -2.30. The molecule has 0 aromatic heterocycles. The molecular formula is C79H154O17P2. The minimum absolute atomic E-state index is 0.105. The average molecular weight is 1440 g/mol. The first-order valence-electron chi connectivity index (χ1n) is 41.1. The highest BCUT2D eigenvalue weighted by Crippen LogP contribution is 2.45. The molecule has 0 bridgehead atoms. The van der Waals surface area contributed by atoms with Gasteiger partial charge in [0.25, 0.3) is 0 Å². The zero-order valence-corrected chi connectivity index (χ0v) is 65.9. The molecule has 98 heavy (non-hydrogen) atoms. The molecule has 0 fully saturated rings. The molecule has 0 aromatic rings. The molecule has 0 heterocycles. The number of hydrogen-bond acceptors (Lipinski definition) is 15. The van der Waals surface area contributed by atoms with Gasteiger partial charge in [0, 0.05) is 25.7 Å². The molecule has 582 valence electrons. The number of phosphoric ester groups is 2. The third-order valence-corrected chi connectivity index (χ3v) is 21.1. The highest BCUT2D eigenvalue weighted by Gasteiger charge is 2.30. The lowest BCUT2D eigenvalue weighted by Gasteiger charge is -2.21. The normalized spacial score (nSPS) is 14.5. The van der Waals surface area contributed by atoms with Gasteiger partial charge in [-0.15, -0.1) is 0 Å². The smallest absolute Gasteiger partial charge is 0.462 e. The van der Waals surface area contributed by atoms with Crippen LogP contribution in [-0.2, 0) is 65.4 Å². The molecule has 0 amide bonds. The zero-order chi connectivity index (χ0) is 72.1. The van der Waals surface area contributed by atoms with E-state index in [1.54, 1.807) is 0 Å². The monoisotopic (exact) mass is 1440 g/mol. The Balaban J connectivity index is 5.20. The Labute approximate surface area is 600 Å². The molecule has 4 unspecified atom stereocenters. The summed E-state index contributed by atoms with van der Waals surface area (Å²) in [6, 6.07) is 0. The first-order chi connectivity index (χ1) is 47.4. The van der Waals surface area contributed by atoms with Gasteiger partial charge in [0.2, 0.25) is 0 Å². The number of carbonyl (C=O) groups is 4. The second kappa shape index (κ2) is 70.7. The van der Waals surface area contributed by atoms with Crippen molar-refractivity contribution in [2.45, 2.75) is 432 Å². The molecule has 0 aliphatic carbocycles. The Bertz CT molecular complexity index is 1890. The Morgan fingerprint density at radius 2 is 0.490 bits per heavy atom. The number of ether oxygens (including phenoxy) is 4. The van der Waals surface area contributed by atoms with E-state index in [1.807, 2.05) is 0 Å². The van der Waals surface area contributed by atoms with E-state index in [2.05, 4.69) is 41.5 Å². The van der Waals surface area contributed by atoms with Crippen molar-refractivity contribution < 1.29 is 80.2 Å². The lowest BCUT2D eigenvalue weighted by molar-refractivity contribution is -0.161. The van der Waals surface area contributed by atoms with Gasteiger partial charge in [0.15, 0.2) is 12.2 Å². The fraction of sp³-hybridized carbons (Fsp3) is 0.949. The van der Waals surface area contributed by atoms with Crippen LogP contribution in [0.1, 0.15) is 414 Å².